The number of hydrogen-bond donors (Lipinski definition) is 1. The molecule has 0 spiro atoms. The second kappa shape index (κ2) is 43.0. The molecule has 2 N–H and O–H groups in total. The lowest BCUT2D eigenvalue weighted by molar-refractivity contribution is -0.149. The Hall–Kier alpha value is -1.18. The molecule has 0 saturated carbocycles. The van der Waals surface area contributed by atoms with Gasteiger partial charge in [-0.3, -0.25) is 9.59 Å². The fourth-order valence-corrected chi connectivity index (χ4v) is 7.53. The van der Waals surface area contributed by atoms with E-state index < -0.39 is 0 Å². The summed E-state index contributed by atoms with van der Waals surface area (Å²) in [5, 5.41) is 0. The highest BCUT2D eigenvalue weighted by atomic mass is 16.5. The van der Waals surface area contributed by atoms with Crippen LogP contribution in [0.2, 0.25) is 0 Å². The average Bonchev–Trinajstić information content (AvgIpc) is 3.17. The largest absolute Gasteiger partial charge is 0.466 e. The summed E-state index contributed by atoms with van der Waals surface area (Å²) in [5.41, 5.74) is 5.59. The molecule has 1 unspecified atom stereocenters. The van der Waals surface area contributed by atoms with Crippen LogP contribution in [0.25, 0.3) is 0 Å². The summed E-state index contributed by atoms with van der Waals surface area (Å²) in [4.78, 5) is 28.1. The van der Waals surface area contributed by atoms with Gasteiger partial charge in [-0.1, -0.05) is 156 Å². The second-order valence-corrected chi connectivity index (χ2v) is 16.3. The fraction of sp³-hybridized carbons (Fsp3) is 0.957. The minimum Gasteiger partial charge on any atom is -0.466 e. The SMILES string of the molecule is CCCCCCCCC(CCCCCC)C(=O)OCCCCCN(CCCCCOC(=O)CCC(CCCCCC)CCCCCC)CCCOCCN. The third kappa shape index (κ3) is 36.5. The molecular formula is C47H94N2O5. The van der Waals surface area contributed by atoms with Crippen LogP contribution in [-0.4, -0.2) is 69.4 Å². The maximum Gasteiger partial charge on any atom is 0.308 e. The lowest BCUT2D eigenvalue weighted by atomic mass is 9.90. The van der Waals surface area contributed by atoms with E-state index in [1.807, 2.05) is 0 Å². The maximum atomic E-state index is 13.0. The smallest absolute Gasteiger partial charge is 0.308 e. The Morgan fingerprint density at radius 1 is 0.463 bits per heavy atom. The van der Waals surface area contributed by atoms with E-state index in [-0.39, 0.29) is 17.9 Å². The lowest BCUT2D eigenvalue weighted by Gasteiger charge is -2.22. The number of unbranched alkanes of at least 4 members (excludes halogenated alkanes) is 18. The highest BCUT2D eigenvalue weighted by molar-refractivity contribution is 5.72. The molecule has 0 aliphatic heterocycles. The van der Waals surface area contributed by atoms with Gasteiger partial charge >= 0.3 is 11.9 Å². The molecule has 0 bridgehead atoms. The van der Waals surface area contributed by atoms with E-state index in [0.717, 1.165) is 103 Å². The van der Waals surface area contributed by atoms with Crippen LogP contribution in [0.5, 0.6) is 0 Å². The first-order valence-electron chi connectivity index (χ1n) is 23.8. The summed E-state index contributed by atoms with van der Waals surface area (Å²) in [6.45, 7) is 15.2. The van der Waals surface area contributed by atoms with Crippen molar-refractivity contribution in [2.75, 3.05) is 52.6 Å². The van der Waals surface area contributed by atoms with Gasteiger partial charge in [-0.15, -0.1) is 0 Å². The van der Waals surface area contributed by atoms with Gasteiger partial charge in [0.25, 0.3) is 0 Å². The van der Waals surface area contributed by atoms with E-state index >= 15 is 0 Å². The molecule has 0 amide bonds. The highest BCUT2D eigenvalue weighted by Gasteiger charge is 2.19. The van der Waals surface area contributed by atoms with Crippen molar-refractivity contribution < 1.29 is 23.8 Å². The molecule has 0 aliphatic carbocycles. The van der Waals surface area contributed by atoms with Gasteiger partial charge in [-0.2, -0.15) is 0 Å². The minimum absolute atomic E-state index is 0.00722. The van der Waals surface area contributed by atoms with Crippen molar-refractivity contribution in [2.24, 2.45) is 17.6 Å². The first-order chi connectivity index (χ1) is 26.5. The van der Waals surface area contributed by atoms with Crippen molar-refractivity contribution in [2.45, 2.75) is 227 Å². The van der Waals surface area contributed by atoms with Crippen LogP contribution in [0.15, 0.2) is 0 Å². The summed E-state index contributed by atoms with van der Waals surface area (Å²) in [7, 11) is 0. The van der Waals surface area contributed by atoms with Crippen molar-refractivity contribution >= 4 is 11.9 Å². The van der Waals surface area contributed by atoms with E-state index in [0.29, 0.717) is 38.7 Å². The van der Waals surface area contributed by atoms with Gasteiger partial charge in [0.1, 0.15) is 0 Å². The number of ether oxygens (including phenoxy) is 3. The predicted octanol–water partition coefficient (Wildman–Crippen LogP) is 12.8. The van der Waals surface area contributed by atoms with Crippen molar-refractivity contribution in [1.82, 2.24) is 4.90 Å². The first kappa shape index (κ1) is 52.8. The van der Waals surface area contributed by atoms with Crippen LogP contribution in [-0.2, 0) is 23.8 Å². The molecule has 0 heterocycles. The van der Waals surface area contributed by atoms with Gasteiger partial charge in [0, 0.05) is 26.1 Å². The van der Waals surface area contributed by atoms with Gasteiger partial charge in [0.05, 0.1) is 25.7 Å². The van der Waals surface area contributed by atoms with Crippen molar-refractivity contribution in [3.63, 3.8) is 0 Å². The van der Waals surface area contributed by atoms with E-state index in [9.17, 15) is 9.59 Å². The second-order valence-electron chi connectivity index (χ2n) is 16.3. The van der Waals surface area contributed by atoms with E-state index in [1.54, 1.807) is 0 Å². The molecule has 0 radical (unpaired) electrons. The molecular weight excluding hydrogens is 673 g/mol. The van der Waals surface area contributed by atoms with Crippen LogP contribution in [0, 0.1) is 11.8 Å². The Bertz CT molecular complexity index is 769. The number of hydrogen-bond acceptors (Lipinski definition) is 7. The summed E-state index contributed by atoms with van der Waals surface area (Å²) in [5.74, 6) is 0.790. The normalized spacial score (nSPS) is 12.2. The molecule has 0 aromatic carbocycles. The van der Waals surface area contributed by atoms with Gasteiger partial charge in [0.2, 0.25) is 0 Å². The zero-order chi connectivity index (χ0) is 39.6. The zero-order valence-corrected chi connectivity index (χ0v) is 36.8. The highest BCUT2D eigenvalue weighted by Crippen LogP contribution is 2.24. The Balaban J connectivity index is 4.47. The maximum absolute atomic E-state index is 13.0. The van der Waals surface area contributed by atoms with Gasteiger partial charge in [0.15, 0.2) is 0 Å². The monoisotopic (exact) mass is 767 g/mol. The fourth-order valence-electron chi connectivity index (χ4n) is 7.53. The van der Waals surface area contributed by atoms with E-state index in [1.165, 1.54) is 116 Å². The molecule has 0 aromatic heterocycles. The van der Waals surface area contributed by atoms with Crippen LogP contribution < -0.4 is 5.73 Å². The number of esters is 2. The number of carbonyl (C=O) groups is 2. The van der Waals surface area contributed by atoms with Crippen LogP contribution >= 0.6 is 0 Å². The minimum atomic E-state index is -0.00722. The zero-order valence-electron chi connectivity index (χ0n) is 36.8. The summed E-state index contributed by atoms with van der Waals surface area (Å²) >= 11 is 0. The Kier molecular flexibility index (Phi) is 42.0. The molecule has 322 valence electrons. The quantitative estimate of drug-likeness (QED) is 0.0488. The van der Waals surface area contributed by atoms with Gasteiger partial charge < -0.3 is 24.8 Å². The third-order valence-electron chi connectivity index (χ3n) is 11.1. The Morgan fingerprint density at radius 3 is 1.44 bits per heavy atom. The Labute approximate surface area is 336 Å². The van der Waals surface area contributed by atoms with Crippen molar-refractivity contribution in [1.29, 1.82) is 0 Å². The molecule has 0 fully saturated rings. The lowest BCUT2D eigenvalue weighted by Crippen LogP contribution is -2.28. The van der Waals surface area contributed by atoms with Crippen LogP contribution in [0.1, 0.15) is 227 Å². The topological polar surface area (TPSA) is 91.1 Å². The molecule has 7 nitrogen and oxygen atoms in total. The van der Waals surface area contributed by atoms with Crippen molar-refractivity contribution in [3.8, 4) is 0 Å². The summed E-state index contributed by atoms with van der Waals surface area (Å²) < 4.78 is 17.2. The number of rotatable bonds is 44. The van der Waals surface area contributed by atoms with E-state index in [2.05, 4.69) is 32.6 Å². The summed E-state index contributed by atoms with van der Waals surface area (Å²) in [6, 6.07) is 0. The van der Waals surface area contributed by atoms with Gasteiger partial charge in [-0.05, 0) is 83.2 Å². The molecule has 1 atom stereocenters. The first-order valence-corrected chi connectivity index (χ1v) is 23.8. The standard InChI is InChI=1S/C47H94N2O5/c1-5-9-13-17-18-24-33-45(32-23-16-12-8-4)47(51)54-42-28-20-26-38-49(39-29-40-52-43-36-48)37-25-19-27-41-53-46(50)35-34-44(30-21-14-10-6-2)31-22-15-11-7-3/h44-45H,5-43,48H2,1-4H3. The number of nitrogens with two attached hydrogens (primary N) is 1. The van der Waals surface area contributed by atoms with Gasteiger partial charge in [-0.25, -0.2) is 0 Å². The van der Waals surface area contributed by atoms with Crippen LogP contribution in [0.4, 0.5) is 0 Å². The predicted molar refractivity (Wildman–Crippen MR) is 231 cm³/mol. The van der Waals surface area contributed by atoms with E-state index in [4.69, 9.17) is 19.9 Å². The third-order valence-corrected chi connectivity index (χ3v) is 11.1. The molecule has 0 saturated heterocycles. The number of carbonyl (C=O) groups excluding carboxylic acids is 2. The van der Waals surface area contributed by atoms with Crippen LogP contribution in [0.3, 0.4) is 0 Å². The Morgan fingerprint density at radius 2 is 0.907 bits per heavy atom. The molecule has 54 heavy (non-hydrogen) atoms. The number of nitrogens with zero attached hydrogens (tertiary/aromatic N) is 1. The average molecular weight is 767 g/mol. The molecule has 0 aromatic rings. The summed E-state index contributed by atoms with van der Waals surface area (Å²) in [6.07, 6.45) is 36.1. The van der Waals surface area contributed by atoms with Crippen molar-refractivity contribution in [3.05, 3.63) is 0 Å². The molecule has 0 aliphatic rings. The molecule has 7 heteroatoms. The molecule has 0 rings (SSSR count).